The average Bonchev–Trinajstić information content (AvgIpc) is 2.25. The summed E-state index contributed by atoms with van der Waals surface area (Å²) in [6, 6.07) is 2.40. The minimum atomic E-state index is -0.737. The molecule has 1 rings (SSSR count). The molecule has 0 atom stereocenters. The van der Waals surface area contributed by atoms with Gasteiger partial charge in [-0.15, -0.1) is 0 Å². The van der Waals surface area contributed by atoms with E-state index >= 15 is 0 Å². The SMILES string of the molecule is CC(C)(C)C(=O)COC(=O)c1ccc(=O)[nH]n1. The van der Waals surface area contributed by atoms with Crippen molar-refractivity contribution in [3.63, 3.8) is 0 Å². The molecule has 0 aromatic carbocycles. The maximum Gasteiger partial charge on any atom is 0.359 e. The van der Waals surface area contributed by atoms with Crippen LogP contribution in [0.5, 0.6) is 0 Å². The summed E-state index contributed by atoms with van der Waals surface area (Å²) in [5.74, 6) is -0.922. The zero-order valence-electron chi connectivity index (χ0n) is 9.94. The van der Waals surface area contributed by atoms with Crippen molar-refractivity contribution in [2.75, 3.05) is 6.61 Å². The van der Waals surface area contributed by atoms with Crippen LogP contribution in [0.3, 0.4) is 0 Å². The number of nitrogens with zero attached hydrogens (tertiary/aromatic N) is 1. The normalized spacial score (nSPS) is 11.0. The molecule has 0 unspecified atom stereocenters. The second-order valence-electron chi connectivity index (χ2n) is 4.56. The first-order chi connectivity index (χ1) is 7.80. The molecular weight excluding hydrogens is 224 g/mol. The van der Waals surface area contributed by atoms with Gasteiger partial charge in [0.2, 0.25) is 0 Å². The number of ether oxygens (including phenoxy) is 1. The molecule has 0 amide bonds. The van der Waals surface area contributed by atoms with E-state index in [1.54, 1.807) is 20.8 Å². The molecule has 0 radical (unpaired) electrons. The van der Waals surface area contributed by atoms with E-state index < -0.39 is 16.9 Å². The number of ketones is 1. The van der Waals surface area contributed by atoms with Gasteiger partial charge in [0.1, 0.15) is 0 Å². The Morgan fingerprint density at radius 3 is 2.47 bits per heavy atom. The Balaban J connectivity index is 2.59. The minimum Gasteiger partial charge on any atom is -0.453 e. The lowest BCUT2D eigenvalue weighted by atomic mass is 9.91. The second-order valence-corrected chi connectivity index (χ2v) is 4.56. The molecule has 1 N–H and O–H groups in total. The molecule has 1 aromatic heterocycles. The number of rotatable bonds is 3. The van der Waals surface area contributed by atoms with Crippen LogP contribution in [0.4, 0.5) is 0 Å². The molecule has 0 aliphatic rings. The van der Waals surface area contributed by atoms with E-state index in [1.165, 1.54) is 6.07 Å². The van der Waals surface area contributed by atoms with Crippen molar-refractivity contribution in [2.24, 2.45) is 5.41 Å². The lowest BCUT2D eigenvalue weighted by molar-refractivity contribution is -0.129. The standard InChI is InChI=1S/C11H14N2O4/c1-11(2,3)8(14)6-17-10(16)7-4-5-9(15)13-12-7/h4-5H,6H2,1-3H3,(H,13,15). The fraction of sp³-hybridized carbons (Fsp3) is 0.455. The van der Waals surface area contributed by atoms with Crippen molar-refractivity contribution < 1.29 is 14.3 Å². The number of H-pyrrole nitrogens is 1. The summed E-state index contributed by atoms with van der Waals surface area (Å²) in [6.07, 6.45) is 0. The Labute approximate surface area is 98.0 Å². The first kappa shape index (κ1) is 13.1. The number of hydrogen-bond acceptors (Lipinski definition) is 5. The van der Waals surface area contributed by atoms with Gasteiger partial charge in [0.15, 0.2) is 18.1 Å². The highest BCUT2D eigenvalue weighted by atomic mass is 16.5. The monoisotopic (exact) mass is 238 g/mol. The van der Waals surface area contributed by atoms with E-state index in [0.29, 0.717) is 0 Å². The van der Waals surface area contributed by atoms with Gasteiger partial charge in [-0.05, 0) is 6.07 Å². The second kappa shape index (κ2) is 4.90. The summed E-state index contributed by atoms with van der Waals surface area (Å²) in [4.78, 5) is 33.6. The van der Waals surface area contributed by atoms with E-state index in [4.69, 9.17) is 4.74 Å². The summed E-state index contributed by atoms with van der Waals surface area (Å²) >= 11 is 0. The fourth-order valence-electron chi connectivity index (χ4n) is 0.880. The van der Waals surface area contributed by atoms with Gasteiger partial charge in [-0.25, -0.2) is 9.89 Å². The van der Waals surface area contributed by atoms with Crippen molar-refractivity contribution in [2.45, 2.75) is 20.8 Å². The summed E-state index contributed by atoms with van der Waals surface area (Å²) in [5.41, 5.74) is -1.00. The number of carbonyl (C=O) groups excluding carboxylic acids is 2. The van der Waals surface area contributed by atoms with Crippen LogP contribution in [0.25, 0.3) is 0 Å². The molecule has 92 valence electrons. The van der Waals surface area contributed by atoms with Crippen molar-refractivity contribution in [3.8, 4) is 0 Å². The van der Waals surface area contributed by atoms with Gasteiger partial charge in [-0.3, -0.25) is 9.59 Å². The lowest BCUT2D eigenvalue weighted by Gasteiger charge is -2.15. The molecule has 1 aromatic rings. The van der Waals surface area contributed by atoms with E-state index in [1.807, 2.05) is 0 Å². The molecule has 6 heteroatoms. The molecule has 0 saturated heterocycles. The molecule has 0 aliphatic heterocycles. The molecule has 0 fully saturated rings. The Morgan fingerprint density at radius 1 is 1.35 bits per heavy atom. The van der Waals surface area contributed by atoms with E-state index in [2.05, 4.69) is 10.2 Å². The molecule has 0 bridgehead atoms. The van der Waals surface area contributed by atoms with E-state index in [0.717, 1.165) is 6.07 Å². The van der Waals surface area contributed by atoms with Crippen LogP contribution >= 0.6 is 0 Å². The molecule has 0 spiro atoms. The van der Waals surface area contributed by atoms with E-state index in [9.17, 15) is 14.4 Å². The van der Waals surface area contributed by atoms with Crippen LogP contribution in [0.1, 0.15) is 31.3 Å². The summed E-state index contributed by atoms with van der Waals surface area (Å²) in [5, 5.41) is 5.60. The number of Topliss-reactive ketones (excluding diaryl/α,β-unsaturated/α-hetero) is 1. The van der Waals surface area contributed by atoms with Crippen molar-refractivity contribution in [1.29, 1.82) is 0 Å². The van der Waals surface area contributed by atoms with Crippen LogP contribution in [-0.4, -0.2) is 28.6 Å². The highest BCUT2D eigenvalue weighted by Gasteiger charge is 2.23. The van der Waals surface area contributed by atoms with Crippen LogP contribution in [0, 0.1) is 5.41 Å². The number of nitrogens with one attached hydrogen (secondary N) is 1. The van der Waals surface area contributed by atoms with E-state index in [-0.39, 0.29) is 18.1 Å². The first-order valence-electron chi connectivity index (χ1n) is 5.07. The zero-order chi connectivity index (χ0) is 13.1. The smallest absolute Gasteiger partial charge is 0.359 e. The molecule has 1 heterocycles. The summed E-state index contributed by atoms with van der Waals surface area (Å²) in [7, 11) is 0. The molecule has 0 aliphatic carbocycles. The Morgan fingerprint density at radius 2 is 2.00 bits per heavy atom. The third-order valence-corrected chi connectivity index (χ3v) is 2.06. The Kier molecular flexibility index (Phi) is 3.77. The van der Waals surface area contributed by atoms with Gasteiger partial charge in [0, 0.05) is 11.5 Å². The largest absolute Gasteiger partial charge is 0.453 e. The molecule has 6 nitrogen and oxygen atoms in total. The topological polar surface area (TPSA) is 89.1 Å². The van der Waals surface area contributed by atoms with Crippen LogP contribution in [-0.2, 0) is 9.53 Å². The number of hydrogen-bond donors (Lipinski definition) is 1. The van der Waals surface area contributed by atoms with Crippen LogP contribution in [0.2, 0.25) is 0 Å². The lowest BCUT2D eigenvalue weighted by Crippen LogP contribution is -2.26. The maximum absolute atomic E-state index is 11.5. The van der Waals surface area contributed by atoms with Gasteiger partial charge < -0.3 is 4.74 Å². The number of aromatic nitrogens is 2. The predicted molar refractivity (Wildman–Crippen MR) is 59.6 cm³/mol. The fourth-order valence-corrected chi connectivity index (χ4v) is 0.880. The van der Waals surface area contributed by atoms with Crippen molar-refractivity contribution >= 4 is 11.8 Å². The highest BCUT2D eigenvalue weighted by molar-refractivity contribution is 5.91. The molecule has 0 saturated carbocycles. The highest BCUT2D eigenvalue weighted by Crippen LogP contribution is 2.14. The Hall–Kier alpha value is -1.98. The van der Waals surface area contributed by atoms with Gasteiger partial charge in [-0.2, -0.15) is 5.10 Å². The van der Waals surface area contributed by atoms with Gasteiger partial charge in [-0.1, -0.05) is 20.8 Å². The van der Waals surface area contributed by atoms with Crippen molar-refractivity contribution in [3.05, 3.63) is 28.2 Å². The van der Waals surface area contributed by atoms with Gasteiger partial charge in [0.25, 0.3) is 5.56 Å². The number of esters is 1. The van der Waals surface area contributed by atoms with Gasteiger partial charge in [0.05, 0.1) is 0 Å². The zero-order valence-corrected chi connectivity index (χ0v) is 9.94. The minimum absolute atomic E-state index is 0.0358. The molecular formula is C11H14N2O4. The predicted octanol–water partition coefficient (Wildman–Crippen LogP) is 0.542. The third kappa shape index (κ3) is 3.82. The van der Waals surface area contributed by atoms with Crippen LogP contribution in [0.15, 0.2) is 16.9 Å². The quantitative estimate of drug-likeness (QED) is 0.776. The maximum atomic E-state index is 11.5. The first-order valence-corrected chi connectivity index (χ1v) is 5.07. The Bertz CT molecular complexity index is 464. The average molecular weight is 238 g/mol. The number of carbonyl (C=O) groups is 2. The summed E-state index contributed by atoms with van der Waals surface area (Å²) < 4.78 is 4.78. The molecule has 17 heavy (non-hydrogen) atoms. The third-order valence-electron chi connectivity index (χ3n) is 2.06. The van der Waals surface area contributed by atoms with Crippen LogP contribution < -0.4 is 5.56 Å². The van der Waals surface area contributed by atoms with Crippen molar-refractivity contribution in [1.82, 2.24) is 10.2 Å². The number of aromatic amines is 1. The summed E-state index contributed by atoms with van der Waals surface area (Å²) in [6.45, 7) is 4.91. The van der Waals surface area contributed by atoms with Gasteiger partial charge >= 0.3 is 5.97 Å².